The Morgan fingerprint density at radius 2 is 1.97 bits per heavy atom. The minimum absolute atomic E-state index is 0.112. The van der Waals surface area contributed by atoms with Crippen LogP contribution in [0.2, 0.25) is 0 Å². The highest BCUT2D eigenvalue weighted by Gasteiger charge is 2.32. The first-order valence-corrected chi connectivity index (χ1v) is 10.0. The number of aromatic nitrogens is 1. The van der Waals surface area contributed by atoms with Crippen molar-refractivity contribution >= 4 is 17.7 Å². The number of amides is 3. The summed E-state index contributed by atoms with van der Waals surface area (Å²) in [7, 11) is 0. The third kappa shape index (κ3) is 5.34. The van der Waals surface area contributed by atoms with Crippen LogP contribution in [0.4, 0.5) is 0 Å². The molecular formula is C22H26N4O4. The zero-order valence-electron chi connectivity index (χ0n) is 16.8. The van der Waals surface area contributed by atoms with Crippen molar-refractivity contribution in [1.29, 1.82) is 0 Å². The van der Waals surface area contributed by atoms with Gasteiger partial charge < -0.3 is 20.0 Å². The van der Waals surface area contributed by atoms with Gasteiger partial charge in [0.2, 0.25) is 11.8 Å². The van der Waals surface area contributed by atoms with E-state index in [0.29, 0.717) is 5.56 Å². The fourth-order valence-electron chi connectivity index (χ4n) is 3.61. The topological polar surface area (TPSA) is 105 Å². The Morgan fingerprint density at radius 3 is 2.60 bits per heavy atom. The van der Waals surface area contributed by atoms with Gasteiger partial charge in [-0.1, -0.05) is 18.9 Å². The molecule has 2 aromatic heterocycles. The fraction of sp³-hybridized carbons (Fsp3) is 0.364. The molecule has 0 saturated heterocycles. The molecule has 3 rings (SSSR count). The smallest absolute Gasteiger partial charge is 0.287 e. The van der Waals surface area contributed by atoms with Gasteiger partial charge in [0.25, 0.3) is 5.91 Å². The molecule has 2 aromatic rings. The van der Waals surface area contributed by atoms with Crippen LogP contribution in [0.1, 0.15) is 47.8 Å². The Balaban J connectivity index is 1.77. The maximum Gasteiger partial charge on any atom is 0.287 e. The Labute approximate surface area is 175 Å². The quantitative estimate of drug-likeness (QED) is 0.617. The van der Waals surface area contributed by atoms with E-state index in [1.54, 1.807) is 36.7 Å². The van der Waals surface area contributed by atoms with Crippen molar-refractivity contribution in [2.75, 3.05) is 13.1 Å². The Kier molecular flexibility index (Phi) is 7.37. The fourth-order valence-corrected chi connectivity index (χ4v) is 3.61. The van der Waals surface area contributed by atoms with Crippen LogP contribution < -0.4 is 10.6 Å². The summed E-state index contributed by atoms with van der Waals surface area (Å²) in [5.74, 6) is -1.04. The maximum absolute atomic E-state index is 13.2. The number of rotatable bonds is 9. The van der Waals surface area contributed by atoms with Gasteiger partial charge in [-0.05, 0) is 42.7 Å². The lowest BCUT2D eigenvalue weighted by Crippen LogP contribution is -2.48. The Bertz CT molecular complexity index is 861. The molecule has 0 aliphatic heterocycles. The molecule has 0 aromatic carbocycles. The number of hydrogen-bond donors (Lipinski definition) is 2. The van der Waals surface area contributed by atoms with Crippen LogP contribution >= 0.6 is 0 Å². The van der Waals surface area contributed by atoms with E-state index in [-0.39, 0.29) is 30.8 Å². The number of nitrogens with zero attached hydrogens (tertiary/aromatic N) is 2. The third-order valence-electron chi connectivity index (χ3n) is 5.07. The molecule has 0 unspecified atom stereocenters. The van der Waals surface area contributed by atoms with Gasteiger partial charge in [-0.15, -0.1) is 6.58 Å². The lowest BCUT2D eigenvalue weighted by molar-refractivity contribution is -0.139. The lowest BCUT2D eigenvalue weighted by atomic mass is 10.0. The summed E-state index contributed by atoms with van der Waals surface area (Å²) in [6.45, 7) is 3.60. The van der Waals surface area contributed by atoms with Crippen LogP contribution in [0.25, 0.3) is 0 Å². The molecule has 2 heterocycles. The van der Waals surface area contributed by atoms with E-state index in [0.717, 1.165) is 25.7 Å². The molecule has 0 bridgehead atoms. The molecular weight excluding hydrogens is 384 g/mol. The van der Waals surface area contributed by atoms with Crippen molar-refractivity contribution in [3.05, 3.63) is 66.9 Å². The molecule has 1 atom stereocenters. The lowest BCUT2D eigenvalue weighted by Gasteiger charge is -2.31. The van der Waals surface area contributed by atoms with E-state index in [9.17, 15) is 14.4 Å². The van der Waals surface area contributed by atoms with Crippen LogP contribution in [0.15, 0.2) is 60.0 Å². The standard InChI is InChI=1S/C22H26N4O4/c1-2-13-26(19(27)15-24-21(28)18-8-5-14-30-18)20(16-9-11-23-12-10-16)22(29)25-17-6-3-4-7-17/h2,5,8-12,14,17,20H,1,3-4,6-7,13,15H2,(H,24,28)(H,25,29)/t20-/m0/s1. The third-order valence-corrected chi connectivity index (χ3v) is 5.07. The normalized spacial score (nSPS) is 14.7. The monoisotopic (exact) mass is 410 g/mol. The van der Waals surface area contributed by atoms with E-state index < -0.39 is 17.9 Å². The molecule has 3 amide bonds. The second-order valence-electron chi connectivity index (χ2n) is 7.17. The van der Waals surface area contributed by atoms with Crippen LogP contribution in [-0.2, 0) is 9.59 Å². The average molecular weight is 410 g/mol. The highest BCUT2D eigenvalue weighted by molar-refractivity contribution is 5.95. The maximum atomic E-state index is 13.2. The van der Waals surface area contributed by atoms with E-state index in [1.807, 2.05) is 0 Å². The molecule has 158 valence electrons. The van der Waals surface area contributed by atoms with E-state index in [1.165, 1.54) is 17.2 Å². The first kappa shape index (κ1) is 21.3. The number of furan rings is 1. The van der Waals surface area contributed by atoms with E-state index in [2.05, 4.69) is 22.2 Å². The van der Waals surface area contributed by atoms with Gasteiger partial charge in [-0.3, -0.25) is 19.4 Å². The summed E-state index contributed by atoms with van der Waals surface area (Å²) in [4.78, 5) is 43.7. The summed E-state index contributed by atoms with van der Waals surface area (Å²) in [5.41, 5.74) is 0.646. The predicted octanol–water partition coefficient (Wildman–Crippen LogP) is 2.22. The van der Waals surface area contributed by atoms with Gasteiger partial charge in [0.05, 0.1) is 12.8 Å². The van der Waals surface area contributed by atoms with Gasteiger partial charge in [0, 0.05) is 25.0 Å². The van der Waals surface area contributed by atoms with Crippen molar-refractivity contribution in [3.63, 3.8) is 0 Å². The van der Waals surface area contributed by atoms with Gasteiger partial charge in [0.15, 0.2) is 5.76 Å². The number of carbonyl (C=O) groups is 3. The van der Waals surface area contributed by atoms with Crippen molar-refractivity contribution in [1.82, 2.24) is 20.5 Å². The van der Waals surface area contributed by atoms with Gasteiger partial charge >= 0.3 is 0 Å². The molecule has 1 aliphatic rings. The number of pyridine rings is 1. The molecule has 1 saturated carbocycles. The van der Waals surface area contributed by atoms with Crippen molar-refractivity contribution in [3.8, 4) is 0 Å². The zero-order valence-corrected chi connectivity index (χ0v) is 16.8. The first-order valence-electron chi connectivity index (χ1n) is 10.0. The summed E-state index contributed by atoms with van der Waals surface area (Å²) >= 11 is 0. The van der Waals surface area contributed by atoms with Crippen LogP contribution in [-0.4, -0.2) is 46.7 Å². The molecule has 8 nitrogen and oxygen atoms in total. The summed E-state index contributed by atoms with van der Waals surface area (Å²) < 4.78 is 5.04. The van der Waals surface area contributed by atoms with E-state index in [4.69, 9.17) is 4.42 Å². The van der Waals surface area contributed by atoms with Crippen LogP contribution in [0.5, 0.6) is 0 Å². The molecule has 1 aliphatic carbocycles. The molecule has 2 N–H and O–H groups in total. The largest absolute Gasteiger partial charge is 0.459 e. The second kappa shape index (κ2) is 10.4. The van der Waals surface area contributed by atoms with Gasteiger partial charge in [0.1, 0.15) is 6.04 Å². The van der Waals surface area contributed by atoms with E-state index >= 15 is 0 Å². The molecule has 30 heavy (non-hydrogen) atoms. The van der Waals surface area contributed by atoms with Crippen LogP contribution in [0, 0.1) is 0 Å². The first-order chi connectivity index (χ1) is 14.6. The van der Waals surface area contributed by atoms with Crippen molar-refractivity contribution in [2.45, 2.75) is 37.8 Å². The summed E-state index contributed by atoms with van der Waals surface area (Å²) in [6, 6.07) is 5.79. The molecule has 8 heteroatoms. The molecule has 0 radical (unpaired) electrons. The van der Waals surface area contributed by atoms with Crippen LogP contribution in [0.3, 0.4) is 0 Å². The zero-order chi connectivity index (χ0) is 21.3. The highest BCUT2D eigenvalue weighted by Crippen LogP contribution is 2.24. The predicted molar refractivity (Wildman–Crippen MR) is 110 cm³/mol. The minimum Gasteiger partial charge on any atom is -0.459 e. The number of carbonyl (C=O) groups excluding carboxylic acids is 3. The molecule has 1 fully saturated rings. The highest BCUT2D eigenvalue weighted by atomic mass is 16.3. The van der Waals surface area contributed by atoms with Gasteiger partial charge in [-0.25, -0.2) is 0 Å². The summed E-state index contributed by atoms with van der Waals surface area (Å²) in [6.07, 6.45) is 10.1. The summed E-state index contributed by atoms with van der Waals surface area (Å²) in [5, 5.41) is 5.61. The minimum atomic E-state index is -0.848. The second-order valence-corrected chi connectivity index (χ2v) is 7.17. The number of nitrogens with one attached hydrogen (secondary N) is 2. The van der Waals surface area contributed by atoms with Gasteiger partial charge in [-0.2, -0.15) is 0 Å². The molecule has 0 spiro atoms. The van der Waals surface area contributed by atoms with Crippen molar-refractivity contribution < 1.29 is 18.8 Å². The SMILES string of the molecule is C=CCN(C(=O)CNC(=O)c1ccco1)[C@H](C(=O)NC1CCCC1)c1ccncc1. The van der Waals surface area contributed by atoms with Crippen molar-refractivity contribution in [2.24, 2.45) is 0 Å². The average Bonchev–Trinajstić information content (AvgIpc) is 3.46. The number of hydrogen-bond acceptors (Lipinski definition) is 5. The Morgan fingerprint density at radius 1 is 1.23 bits per heavy atom. The Hall–Kier alpha value is -3.42.